The lowest BCUT2D eigenvalue weighted by molar-refractivity contribution is 0.0918. The molecular weight excluding hydrogens is 370 g/mol. The first-order valence-electron chi connectivity index (χ1n) is 7.94. The van der Waals surface area contributed by atoms with Gasteiger partial charge in [-0.3, -0.25) is 14.9 Å². The predicted molar refractivity (Wildman–Crippen MR) is 109 cm³/mol. The van der Waals surface area contributed by atoms with Crippen molar-refractivity contribution in [1.82, 2.24) is 10.6 Å². The number of hydrogen-bond acceptors (Lipinski definition) is 3. The van der Waals surface area contributed by atoms with E-state index >= 15 is 0 Å². The Morgan fingerprint density at radius 3 is 1.92 bits per heavy atom. The van der Waals surface area contributed by atoms with Gasteiger partial charge in [0.1, 0.15) is 0 Å². The van der Waals surface area contributed by atoms with Crippen LogP contribution in [-0.4, -0.2) is 22.5 Å². The van der Waals surface area contributed by atoms with Crippen molar-refractivity contribution in [1.29, 1.82) is 0 Å². The van der Waals surface area contributed by atoms with Crippen LogP contribution < -0.4 is 16.0 Å². The van der Waals surface area contributed by atoms with E-state index in [9.17, 15) is 9.59 Å². The lowest BCUT2D eigenvalue weighted by Gasteiger charge is -2.20. The van der Waals surface area contributed by atoms with Crippen molar-refractivity contribution < 1.29 is 9.59 Å². The lowest BCUT2D eigenvalue weighted by Crippen LogP contribution is -2.40. The van der Waals surface area contributed by atoms with Crippen LogP contribution in [0.1, 0.15) is 41.5 Å². The Kier molecular flexibility index (Phi) is 6.34. The molecular formula is C19H20ClN3O2S. The molecule has 2 aromatic carbocycles. The fourth-order valence-electron chi connectivity index (χ4n) is 2.06. The molecule has 26 heavy (non-hydrogen) atoms. The van der Waals surface area contributed by atoms with Crippen LogP contribution in [-0.2, 0) is 0 Å². The molecule has 0 aliphatic carbocycles. The van der Waals surface area contributed by atoms with E-state index in [0.29, 0.717) is 21.8 Å². The lowest BCUT2D eigenvalue weighted by atomic mass is 10.1. The minimum atomic E-state index is -0.333. The van der Waals surface area contributed by atoms with E-state index in [0.717, 1.165) is 0 Å². The van der Waals surface area contributed by atoms with Crippen LogP contribution in [0, 0.1) is 0 Å². The summed E-state index contributed by atoms with van der Waals surface area (Å²) < 4.78 is 0. The van der Waals surface area contributed by atoms with Gasteiger partial charge in [-0.15, -0.1) is 0 Å². The van der Waals surface area contributed by atoms with E-state index in [-0.39, 0.29) is 22.5 Å². The number of anilines is 1. The highest BCUT2D eigenvalue weighted by atomic mass is 35.5. The maximum absolute atomic E-state index is 12.1. The second kappa shape index (κ2) is 8.29. The number of carbonyl (C=O) groups excluding carboxylic acids is 2. The summed E-state index contributed by atoms with van der Waals surface area (Å²) in [6.45, 7) is 5.76. The van der Waals surface area contributed by atoms with E-state index in [1.807, 2.05) is 20.8 Å². The highest BCUT2D eigenvalue weighted by Gasteiger charge is 2.15. The molecule has 0 atom stereocenters. The van der Waals surface area contributed by atoms with Crippen LogP contribution in [0.15, 0.2) is 48.5 Å². The maximum atomic E-state index is 12.1. The molecule has 3 N–H and O–H groups in total. The van der Waals surface area contributed by atoms with Crippen LogP contribution >= 0.6 is 23.8 Å². The van der Waals surface area contributed by atoms with E-state index in [1.165, 1.54) is 0 Å². The molecule has 5 nitrogen and oxygen atoms in total. The molecule has 0 saturated carbocycles. The van der Waals surface area contributed by atoms with Crippen molar-refractivity contribution in [3.8, 4) is 0 Å². The molecule has 0 bridgehead atoms. The summed E-state index contributed by atoms with van der Waals surface area (Å²) in [4.78, 5) is 24.2. The van der Waals surface area contributed by atoms with Gasteiger partial charge in [0.2, 0.25) is 0 Å². The fourth-order valence-corrected chi connectivity index (χ4v) is 2.39. The molecule has 0 saturated heterocycles. The van der Waals surface area contributed by atoms with E-state index in [1.54, 1.807) is 48.5 Å². The minimum Gasteiger partial charge on any atom is -0.347 e. The average molecular weight is 390 g/mol. The van der Waals surface area contributed by atoms with Gasteiger partial charge in [-0.1, -0.05) is 11.6 Å². The van der Waals surface area contributed by atoms with Gasteiger partial charge in [0.15, 0.2) is 5.11 Å². The van der Waals surface area contributed by atoms with Crippen LogP contribution in [0.2, 0.25) is 5.02 Å². The molecule has 0 spiro atoms. The molecule has 0 aromatic heterocycles. The van der Waals surface area contributed by atoms with E-state index < -0.39 is 0 Å². The second-order valence-electron chi connectivity index (χ2n) is 6.70. The van der Waals surface area contributed by atoms with Crippen molar-refractivity contribution >= 4 is 46.4 Å². The van der Waals surface area contributed by atoms with E-state index in [2.05, 4.69) is 16.0 Å². The first-order chi connectivity index (χ1) is 12.1. The van der Waals surface area contributed by atoms with Crippen molar-refractivity contribution in [3.05, 3.63) is 64.7 Å². The molecule has 2 rings (SSSR count). The Morgan fingerprint density at radius 2 is 1.38 bits per heavy atom. The zero-order valence-electron chi connectivity index (χ0n) is 14.7. The normalized spacial score (nSPS) is 10.8. The number of hydrogen-bond donors (Lipinski definition) is 3. The molecule has 0 aliphatic heterocycles. The summed E-state index contributed by atoms with van der Waals surface area (Å²) in [7, 11) is 0. The highest BCUT2D eigenvalue weighted by molar-refractivity contribution is 7.80. The zero-order chi connectivity index (χ0) is 19.3. The number of rotatable bonds is 3. The Labute approximate surface area is 163 Å². The molecule has 0 fully saturated rings. The van der Waals surface area contributed by atoms with Gasteiger partial charge in [-0.25, -0.2) is 0 Å². The number of benzene rings is 2. The Bertz CT molecular complexity index is 812. The number of thiocarbonyl (C=S) groups is 1. The third-order valence-electron chi connectivity index (χ3n) is 3.23. The molecule has 2 aromatic rings. The molecule has 7 heteroatoms. The van der Waals surface area contributed by atoms with Crippen molar-refractivity contribution in [2.24, 2.45) is 0 Å². The quantitative estimate of drug-likeness (QED) is 0.694. The predicted octanol–water partition coefficient (Wildman–Crippen LogP) is 4.00. The van der Waals surface area contributed by atoms with E-state index in [4.69, 9.17) is 23.8 Å². The summed E-state index contributed by atoms with van der Waals surface area (Å²) in [6.07, 6.45) is 0. The third-order valence-corrected chi connectivity index (χ3v) is 3.68. The topological polar surface area (TPSA) is 70.2 Å². The van der Waals surface area contributed by atoms with Crippen LogP contribution in [0.25, 0.3) is 0 Å². The summed E-state index contributed by atoms with van der Waals surface area (Å²) in [5, 5.41) is 9.11. The summed E-state index contributed by atoms with van der Waals surface area (Å²) >= 11 is 10.9. The first-order valence-corrected chi connectivity index (χ1v) is 8.73. The zero-order valence-corrected chi connectivity index (χ0v) is 16.3. The highest BCUT2D eigenvalue weighted by Crippen LogP contribution is 2.12. The van der Waals surface area contributed by atoms with Crippen molar-refractivity contribution in [2.75, 3.05) is 5.32 Å². The van der Waals surface area contributed by atoms with Gasteiger partial charge in [0, 0.05) is 27.4 Å². The number of nitrogens with one attached hydrogen (secondary N) is 3. The van der Waals surface area contributed by atoms with Crippen molar-refractivity contribution in [3.63, 3.8) is 0 Å². The molecule has 0 radical (unpaired) electrons. The van der Waals surface area contributed by atoms with Gasteiger partial charge < -0.3 is 10.6 Å². The van der Waals surface area contributed by atoms with Gasteiger partial charge >= 0.3 is 0 Å². The molecule has 0 unspecified atom stereocenters. The molecule has 0 heterocycles. The largest absolute Gasteiger partial charge is 0.347 e. The Balaban J connectivity index is 1.94. The van der Waals surface area contributed by atoms with Crippen LogP contribution in [0.5, 0.6) is 0 Å². The van der Waals surface area contributed by atoms with Gasteiger partial charge in [-0.2, -0.15) is 0 Å². The van der Waals surface area contributed by atoms with Gasteiger partial charge in [0.25, 0.3) is 11.8 Å². The summed E-state index contributed by atoms with van der Waals surface area (Å²) in [5.41, 5.74) is 1.36. The third kappa shape index (κ3) is 6.13. The molecule has 2 amide bonds. The van der Waals surface area contributed by atoms with Gasteiger partial charge in [-0.05, 0) is 81.5 Å². The number of amides is 2. The maximum Gasteiger partial charge on any atom is 0.257 e. The van der Waals surface area contributed by atoms with Crippen LogP contribution in [0.3, 0.4) is 0 Å². The summed E-state index contributed by atoms with van der Waals surface area (Å²) in [5.74, 6) is -0.483. The van der Waals surface area contributed by atoms with Crippen molar-refractivity contribution in [2.45, 2.75) is 26.3 Å². The smallest absolute Gasteiger partial charge is 0.257 e. The first kappa shape index (κ1) is 19.9. The molecule has 0 aliphatic rings. The monoisotopic (exact) mass is 389 g/mol. The average Bonchev–Trinajstić information content (AvgIpc) is 2.54. The Morgan fingerprint density at radius 1 is 0.885 bits per heavy atom. The SMILES string of the molecule is CC(C)(C)NC(=O)c1ccc(NC(=S)NC(=O)c2ccc(Cl)cc2)cc1. The van der Waals surface area contributed by atoms with Gasteiger partial charge in [0.05, 0.1) is 0 Å². The number of halogens is 1. The second-order valence-corrected chi connectivity index (χ2v) is 7.54. The summed E-state index contributed by atoms with van der Waals surface area (Å²) in [6, 6.07) is 13.3. The van der Waals surface area contributed by atoms with Crippen LogP contribution in [0.4, 0.5) is 5.69 Å². The molecule has 136 valence electrons. The Hall–Kier alpha value is -2.44. The fraction of sp³-hybridized carbons (Fsp3) is 0.211. The number of carbonyl (C=O) groups is 2. The minimum absolute atomic E-state index is 0.150. The standard InChI is InChI=1S/C19H20ClN3O2S/c1-19(2,3)23-17(25)13-6-10-15(11-7-13)21-18(26)22-16(24)12-4-8-14(20)9-5-12/h4-11H,1-3H3,(H,23,25)(H2,21,22,24,26).